The number of hydrogen-bond donors (Lipinski definition) is 1. The number of nitrogens with one attached hydrogen (secondary N) is 1. The van der Waals surface area contributed by atoms with Gasteiger partial charge in [-0.05, 0) is 17.7 Å². The first-order valence-corrected chi connectivity index (χ1v) is 7.55. The summed E-state index contributed by atoms with van der Waals surface area (Å²) in [6.07, 6.45) is 0. The number of hydrogen-bond acceptors (Lipinski definition) is 3. The Morgan fingerprint density at radius 3 is 2.40 bits per heavy atom. The molecule has 0 unspecified atom stereocenters. The summed E-state index contributed by atoms with van der Waals surface area (Å²) in [5, 5.41) is 3.74. The summed E-state index contributed by atoms with van der Waals surface area (Å²) < 4.78 is 1.07. The molecule has 3 nitrogen and oxygen atoms in total. The van der Waals surface area contributed by atoms with E-state index in [0.29, 0.717) is 11.7 Å². The van der Waals surface area contributed by atoms with Gasteiger partial charge >= 0.3 is 0 Å². The minimum atomic E-state index is -0.126. The van der Waals surface area contributed by atoms with Crippen molar-refractivity contribution in [2.24, 2.45) is 0 Å². The molecule has 1 heterocycles. The van der Waals surface area contributed by atoms with Crippen LogP contribution in [0.25, 0.3) is 0 Å². The number of nitrogens with zero attached hydrogens (tertiary/aromatic N) is 2. The van der Waals surface area contributed by atoms with Gasteiger partial charge in [0.2, 0.25) is 0 Å². The molecule has 1 N–H and O–H groups in total. The minimum Gasteiger partial charge on any atom is -0.366 e. The molecular formula is C15H17BrClN3. The number of rotatable bonds is 3. The molecule has 0 fully saturated rings. The molecular weight excluding hydrogens is 338 g/mol. The Balaban J connectivity index is 2.13. The van der Waals surface area contributed by atoms with Crippen LogP contribution in [0, 0.1) is 0 Å². The monoisotopic (exact) mass is 353 g/mol. The maximum absolute atomic E-state index is 6.06. The zero-order valence-electron chi connectivity index (χ0n) is 11.7. The normalized spacial score (nSPS) is 11.4. The molecule has 1 aromatic carbocycles. The van der Waals surface area contributed by atoms with E-state index in [2.05, 4.69) is 64.1 Å². The molecule has 2 aromatic rings. The van der Waals surface area contributed by atoms with Crippen molar-refractivity contribution in [2.45, 2.75) is 32.7 Å². The minimum absolute atomic E-state index is 0.126. The van der Waals surface area contributed by atoms with Crippen LogP contribution in [-0.4, -0.2) is 9.97 Å². The molecule has 0 bridgehead atoms. The van der Waals surface area contributed by atoms with Gasteiger partial charge in [0.05, 0.1) is 0 Å². The summed E-state index contributed by atoms with van der Waals surface area (Å²) in [7, 11) is 0. The van der Waals surface area contributed by atoms with E-state index in [-0.39, 0.29) is 5.41 Å². The number of benzene rings is 1. The van der Waals surface area contributed by atoms with E-state index in [4.69, 9.17) is 11.6 Å². The fourth-order valence-electron chi connectivity index (χ4n) is 1.64. The van der Waals surface area contributed by atoms with Crippen molar-refractivity contribution in [2.75, 3.05) is 5.32 Å². The first-order valence-electron chi connectivity index (χ1n) is 6.38. The third-order valence-electron chi connectivity index (χ3n) is 2.75. The maximum Gasteiger partial charge on any atom is 0.137 e. The van der Waals surface area contributed by atoms with E-state index < -0.39 is 0 Å². The first kappa shape index (κ1) is 15.3. The van der Waals surface area contributed by atoms with Crippen LogP contribution in [0.5, 0.6) is 0 Å². The van der Waals surface area contributed by atoms with Crippen molar-refractivity contribution in [1.82, 2.24) is 9.97 Å². The van der Waals surface area contributed by atoms with Crippen LogP contribution in [0.2, 0.25) is 5.15 Å². The molecule has 1 aromatic heterocycles. The molecule has 0 saturated heterocycles. The van der Waals surface area contributed by atoms with Gasteiger partial charge in [0.25, 0.3) is 0 Å². The quantitative estimate of drug-likeness (QED) is 0.804. The number of aromatic nitrogens is 2. The lowest BCUT2D eigenvalue weighted by molar-refractivity contribution is 0.546. The van der Waals surface area contributed by atoms with Gasteiger partial charge in [-0.1, -0.05) is 60.4 Å². The lowest BCUT2D eigenvalue weighted by atomic mass is 9.96. The van der Waals surface area contributed by atoms with Crippen LogP contribution in [0.1, 0.15) is 32.2 Å². The van der Waals surface area contributed by atoms with Crippen LogP contribution in [0.15, 0.2) is 34.8 Å². The largest absolute Gasteiger partial charge is 0.366 e. The molecule has 20 heavy (non-hydrogen) atoms. The zero-order chi connectivity index (χ0) is 14.8. The Bertz CT molecular complexity index is 591. The standard InChI is InChI=1S/C15H17BrClN3/c1-15(2,3)14-19-12(17)8-13(20-14)18-9-10-4-6-11(16)7-5-10/h4-8H,9H2,1-3H3,(H,18,19,20). The highest BCUT2D eigenvalue weighted by Crippen LogP contribution is 2.22. The predicted molar refractivity (Wildman–Crippen MR) is 87.2 cm³/mol. The third kappa shape index (κ3) is 4.18. The fourth-order valence-corrected chi connectivity index (χ4v) is 2.09. The van der Waals surface area contributed by atoms with E-state index in [1.807, 2.05) is 12.1 Å². The van der Waals surface area contributed by atoms with E-state index in [9.17, 15) is 0 Å². The van der Waals surface area contributed by atoms with Crippen molar-refractivity contribution in [3.63, 3.8) is 0 Å². The molecule has 0 aliphatic heterocycles. The summed E-state index contributed by atoms with van der Waals surface area (Å²) in [6.45, 7) is 6.90. The molecule has 0 saturated carbocycles. The second-order valence-electron chi connectivity index (χ2n) is 5.63. The lowest BCUT2D eigenvalue weighted by Crippen LogP contribution is -2.17. The highest BCUT2D eigenvalue weighted by Gasteiger charge is 2.18. The van der Waals surface area contributed by atoms with Crippen LogP contribution in [-0.2, 0) is 12.0 Å². The van der Waals surface area contributed by atoms with Crippen molar-refractivity contribution in [3.8, 4) is 0 Å². The average molecular weight is 355 g/mol. The van der Waals surface area contributed by atoms with Crippen LogP contribution >= 0.6 is 27.5 Å². The number of halogens is 2. The highest BCUT2D eigenvalue weighted by molar-refractivity contribution is 9.10. The van der Waals surface area contributed by atoms with Crippen LogP contribution in [0.4, 0.5) is 5.82 Å². The zero-order valence-corrected chi connectivity index (χ0v) is 14.1. The summed E-state index contributed by atoms with van der Waals surface area (Å²) in [6, 6.07) is 9.90. The second kappa shape index (κ2) is 6.10. The summed E-state index contributed by atoms with van der Waals surface area (Å²) >= 11 is 9.49. The molecule has 0 spiro atoms. The second-order valence-corrected chi connectivity index (χ2v) is 6.93. The van der Waals surface area contributed by atoms with E-state index in [1.54, 1.807) is 6.07 Å². The highest BCUT2D eigenvalue weighted by atomic mass is 79.9. The van der Waals surface area contributed by atoms with Gasteiger partial charge in [0.1, 0.15) is 16.8 Å². The predicted octanol–water partition coefficient (Wildman–Crippen LogP) is 4.80. The molecule has 0 atom stereocenters. The Kier molecular flexibility index (Phi) is 4.66. The van der Waals surface area contributed by atoms with Gasteiger partial charge in [-0.15, -0.1) is 0 Å². The van der Waals surface area contributed by atoms with Gasteiger partial charge < -0.3 is 5.32 Å². The Labute approximate surface area is 132 Å². The van der Waals surface area contributed by atoms with E-state index in [0.717, 1.165) is 16.1 Å². The average Bonchev–Trinajstić information content (AvgIpc) is 2.36. The summed E-state index contributed by atoms with van der Waals surface area (Å²) in [4.78, 5) is 8.80. The van der Waals surface area contributed by atoms with Gasteiger partial charge in [-0.3, -0.25) is 0 Å². The van der Waals surface area contributed by atoms with Crippen LogP contribution in [0.3, 0.4) is 0 Å². The van der Waals surface area contributed by atoms with E-state index in [1.165, 1.54) is 5.56 Å². The van der Waals surface area contributed by atoms with Crippen molar-refractivity contribution < 1.29 is 0 Å². The molecule has 0 aliphatic rings. The summed E-state index contributed by atoms with van der Waals surface area (Å²) in [5.41, 5.74) is 1.05. The van der Waals surface area contributed by atoms with Gasteiger partial charge in [-0.2, -0.15) is 0 Å². The van der Waals surface area contributed by atoms with Gasteiger partial charge in [0.15, 0.2) is 0 Å². The number of anilines is 1. The summed E-state index contributed by atoms with van der Waals surface area (Å²) in [5.74, 6) is 1.49. The molecule has 5 heteroatoms. The molecule has 106 valence electrons. The van der Waals surface area contributed by atoms with E-state index >= 15 is 0 Å². The van der Waals surface area contributed by atoms with Crippen LogP contribution < -0.4 is 5.32 Å². The topological polar surface area (TPSA) is 37.8 Å². The smallest absolute Gasteiger partial charge is 0.137 e. The first-order chi connectivity index (χ1) is 9.34. The fraction of sp³-hybridized carbons (Fsp3) is 0.333. The molecule has 0 radical (unpaired) electrons. The Morgan fingerprint density at radius 2 is 1.80 bits per heavy atom. The SMILES string of the molecule is CC(C)(C)c1nc(Cl)cc(NCc2ccc(Br)cc2)n1. The Hall–Kier alpha value is -1.13. The van der Waals surface area contributed by atoms with Crippen molar-refractivity contribution >= 4 is 33.3 Å². The van der Waals surface area contributed by atoms with Crippen molar-refractivity contribution in [1.29, 1.82) is 0 Å². The van der Waals surface area contributed by atoms with Gasteiger partial charge in [-0.25, -0.2) is 9.97 Å². The lowest BCUT2D eigenvalue weighted by Gasteiger charge is -2.17. The molecule has 0 aliphatic carbocycles. The van der Waals surface area contributed by atoms with Gasteiger partial charge in [0, 0.05) is 22.5 Å². The Morgan fingerprint density at radius 1 is 1.15 bits per heavy atom. The van der Waals surface area contributed by atoms with Crippen molar-refractivity contribution in [3.05, 3.63) is 51.3 Å². The molecule has 0 amide bonds. The third-order valence-corrected chi connectivity index (χ3v) is 3.47. The maximum atomic E-state index is 6.06. The molecule has 2 rings (SSSR count).